The second-order valence-electron chi connectivity index (χ2n) is 2.72. The van der Waals surface area contributed by atoms with Crippen molar-refractivity contribution in [3.63, 3.8) is 0 Å². The van der Waals surface area contributed by atoms with Crippen LogP contribution in [0.4, 0.5) is 0 Å². The predicted molar refractivity (Wildman–Crippen MR) is 55.9 cm³/mol. The number of rotatable bonds is 5. The Balaban J connectivity index is 4.12. The zero-order chi connectivity index (χ0) is 10.1. The molecule has 0 rings (SSSR count). The summed E-state index contributed by atoms with van der Waals surface area (Å²) in [6.07, 6.45) is 6.37. The second-order valence-corrected chi connectivity index (χ2v) is 2.72. The summed E-state index contributed by atoms with van der Waals surface area (Å²) in [6, 6.07) is 2.08. The van der Waals surface area contributed by atoms with Gasteiger partial charge in [-0.2, -0.15) is 5.26 Å². The quantitative estimate of drug-likeness (QED) is 0.516. The molecule has 0 saturated heterocycles. The van der Waals surface area contributed by atoms with E-state index >= 15 is 0 Å². The summed E-state index contributed by atoms with van der Waals surface area (Å²) in [5, 5.41) is 11.5. The molecule has 2 nitrogen and oxygen atoms in total. The highest BCUT2D eigenvalue weighted by Gasteiger charge is 1.94. The number of hydrogen-bond donors (Lipinski definition) is 1. The van der Waals surface area contributed by atoms with Gasteiger partial charge >= 0.3 is 0 Å². The van der Waals surface area contributed by atoms with Gasteiger partial charge in [-0.15, -0.1) is 0 Å². The number of nitrogens with one attached hydrogen (secondary N) is 1. The van der Waals surface area contributed by atoms with Crippen LogP contribution in [0.15, 0.2) is 36.1 Å². The topological polar surface area (TPSA) is 35.8 Å². The Morgan fingerprint density at radius 1 is 1.62 bits per heavy atom. The largest absolute Gasteiger partial charge is 0.384 e. The molecule has 0 aromatic heterocycles. The first-order chi connectivity index (χ1) is 6.22. The molecule has 70 valence electrons. The van der Waals surface area contributed by atoms with E-state index in [-0.39, 0.29) is 0 Å². The summed E-state index contributed by atoms with van der Waals surface area (Å²) in [5.41, 5.74) is 1.98. The molecule has 0 aliphatic rings. The molecule has 2 heteroatoms. The van der Waals surface area contributed by atoms with E-state index in [9.17, 15) is 0 Å². The van der Waals surface area contributed by atoms with Crippen molar-refractivity contribution in [2.24, 2.45) is 0 Å². The van der Waals surface area contributed by atoms with E-state index in [2.05, 4.69) is 18.0 Å². The van der Waals surface area contributed by atoms with Crippen molar-refractivity contribution in [1.29, 1.82) is 5.26 Å². The molecule has 0 heterocycles. The third-order valence-corrected chi connectivity index (χ3v) is 1.47. The van der Waals surface area contributed by atoms with Gasteiger partial charge in [0.1, 0.15) is 0 Å². The lowest BCUT2D eigenvalue weighted by Gasteiger charge is -2.07. The Kier molecular flexibility index (Phi) is 6.35. The Labute approximate surface area is 80.3 Å². The fraction of sp³-hybridized carbons (Fsp3) is 0.364. The molecule has 0 bridgehead atoms. The van der Waals surface area contributed by atoms with Crippen LogP contribution in [0, 0.1) is 11.3 Å². The highest BCUT2D eigenvalue weighted by Crippen LogP contribution is 2.02. The zero-order valence-corrected chi connectivity index (χ0v) is 8.30. The van der Waals surface area contributed by atoms with Crippen LogP contribution in [0.1, 0.15) is 20.3 Å². The Morgan fingerprint density at radius 3 is 2.77 bits per heavy atom. The predicted octanol–water partition coefficient (Wildman–Crippen LogP) is 2.53. The fourth-order valence-corrected chi connectivity index (χ4v) is 0.798. The van der Waals surface area contributed by atoms with Gasteiger partial charge in [0.25, 0.3) is 0 Å². The molecule has 0 fully saturated rings. The molecular formula is C11H16N2. The van der Waals surface area contributed by atoms with Gasteiger partial charge in [-0.3, -0.25) is 0 Å². The first kappa shape index (κ1) is 11.5. The van der Waals surface area contributed by atoms with Crippen LogP contribution >= 0.6 is 0 Å². The van der Waals surface area contributed by atoms with Gasteiger partial charge < -0.3 is 5.32 Å². The van der Waals surface area contributed by atoms with E-state index in [0.29, 0.717) is 13.0 Å². The minimum Gasteiger partial charge on any atom is -0.384 e. The van der Waals surface area contributed by atoms with Crippen LogP contribution in [0.2, 0.25) is 0 Å². The molecule has 0 saturated carbocycles. The lowest BCUT2D eigenvalue weighted by molar-refractivity contribution is 0.816. The van der Waals surface area contributed by atoms with Gasteiger partial charge in [-0.25, -0.2) is 0 Å². The molecule has 0 amide bonds. The highest BCUT2D eigenvalue weighted by atomic mass is 14.9. The lowest BCUT2D eigenvalue weighted by atomic mass is 10.2. The first-order valence-electron chi connectivity index (χ1n) is 4.32. The van der Waals surface area contributed by atoms with Crippen molar-refractivity contribution in [2.75, 3.05) is 6.54 Å². The number of nitrogens with zero attached hydrogens (tertiary/aromatic N) is 1. The van der Waals surface area contributed by atoms with Crippen molar-refractivity contribution >= 4 is 0 Å². The number of hydrogen-bond acceptors (Lipinski definition) is 2. The third-order valence-electron chi connectivity index (χ3n) is 1.47. The lowest BCUT2D eigenvalue weighted by Crippen LogP contribution is -2.14. The summed E-state index contributed by atoms with van der Waals surface area (Å²) in [7, 11) is 0. The van der Waals surface area contributed by atoms with E-state index in [1.807, 2.05) is 32.1 Å². The van der Waals surface area contributed by atoms with Crippen LogP contribution < -0.4 is 5.32 Å². The van der Waals surface area contributed by atoms with E-state index < -0.39 is 0 Å². The van der Waals surface area contributed by atoms with Crippen molar-refractivity contribution in [2.45, 2.75) is 20.3 Å². The molecule has 0 aliphatic heterocycles. The van der Waals surface area contributed by atoms with Gasteiger partial charge in [0.15, 0.2) is 0 Å². The fourth-order valence-electron chi connectivity index (χ4n) is 0.798. The van der Waals surface area contributed by atoms with Gasteiger partial charge in [-0.1, -0.05) is 18.7 Å². The van der Waals surface area contributed by atoms with Crippen molar-refractivity contribution in [3.05, 3.63) is 36.1 Å². The Bertz CT molecular complexity index is 254. The van der Waals surface area contributed by atoms with Gasteiger partial charge in [0.05, 0.1) is 12.5 Å². The van der Waals surface area contributed by atoms with Crippen molar-refractivity contribution in [1.82, 2.24) is 5.32 Å². The second kappa shape index (κ2) is 7.17. The summed E-state index contributed by atoms with van der Waals surface area (Å²) in [4.78, 5) is 0. The van der Waals surface area contributed by atoms with E-state index in [1.165, 1.54) is 0 Å². The average Bonchev–Trinajstić information content (AvgIpc) is 2.10. The minimum absolute atomic E-state index is 0.514. The van der Waals surface area contributed by atoms with Crippen LogP contribution in [-0.4, -0.2) is 6.54 Å². The summed E-state index contributed by atoms with van der Waals surface area (Å²) < 4.78 is 0. The SMILES string of the molecule is C=C(C)/C(=C\C=C/C)NCCC#N. The van der Waals surface area contributed by atoms with Crippen LogP contribution in [0.3, 0.4) is 0 Å². The van der Waals surface area contributed by atoms with E-state index in [1.54, 1.807) is 0 Å². The average molecular weight is 176 g/mol. The molecule has 0 radical (unpaired) electrons. The van der Waals surface area contributed by atoms with E-state index in [0.717, 1.165) is 11.3 Å². The molecule has 0 unspecified atom stereocenters. The molecular weight excluding hydrogens is 160 g/mol. The Morgan fingerprint density at radius 2 is 2.31 bits per heavy atom. The molecule has 1 N–H and O–H groups in total. The van der Waals surface area contributed by atoms with Crippen molar-refractivity contribution in [3.8, 4) is 6.07 Å². The monoisotopic (exact) mass is 176 g/mol. The Hall–Kier alpha value is -1.49. The molecule has 0 aliphatic carbocycles. The maximum atomic E-state index is 8.35. The standard InChI is InChI=1S/C11H16N2/c1-4-5-7-11(10(2)3)13-9-6-8-12/h4-5,7,13H,2,6,9H2,1,3H3/b5-4-,11-7+. The summed E-state index contributed by atoms with van der Waals surface area (Å²) in [5.74, 6) is 0. The van der Waals surface area contributed by atoms with Gasteiger partial charge in [0, 0.05) is 12.2 Å². The van der Waals surface area contributed by atoms with Crippen LogP contribution in [-0.2, 0) is 0 Å². The van der Waals surface area contributed by atoms with Gasteiger partial charge in [0.2, 0.25) is 0 Å². The maximum Gasteiger partial charge on any atom is 0.0640 e. The molecule has 13 heavy (non-hydrogen) atoms. The normalized spacial score (nSPS) is 11.3. The zero-order valence-electron chi connectivity index (χ0n) is 8.30. The third kappa shape index (κ3) is 5.75. The van der Waals surface area contributed by atoms with Crippen LogP contribution in [0.25, 0.3) is 0 Å². The van der Waals surface area contributed by atoms with Crippen molar-refractivity contribution < 1.29 is 0 Å². The number of nitriles is 1. The highest BCUT2D eigenvalue weighted by molar-refractivity contribution is 5.28. The van der Waals surface area contributed by atoms with Crippen LogP contribution in [0.5, 0.6) is 0 Å². The maximum absolute atomic E-state index is 8.35. The van der Waals surface area contributed by atoms with Gasteiger partial charge in [-0.05, 0) is 25.5 Å². The summed E-state index contributed by atoms with van der Waals surface area (Å²) >= 11 is 0. The molecule has 0 atom stereocenters. The summed E-state index contributed by atoms with van der Waals surface area (Å²) in [6.45, 7) is 8.41. The smallest absolute Gasteiger partial charge is 0.0640 e. The molecule has 0 aromatic carbocycles. The molecule has 0 spiro atoms. The number of allylic oxidation sites excluding steroid dienone is 4. The first-order valence-corrected chi connectivity index (χ1v) is 4.32. The van der Waals surface area contributed by atoms with E-state index in [4.69, 9.17) is 5.26 Å². The molecule has 0 aromatic rings. The minimum atomic E-state index is 0.514.